The van der Waals surface area contributed by atoms with Gasteiger partial charge >= 0.3 is 35.8 Å². The second kappa shape index (κ2) is 12.5. The molecule has 3 atom stereocenters. The van der Waals surface area contributed by atoms with Gasteiger partial charge in [-0.1, -0.05) is 0 Å². The fourth-order valence-corrected chi connectivity index (χ4v) is 1.65. The van der Waals surface area contributed by atoms with Crippen LogP contribution in [-0.2, 0) is 38.2 Å². The van der Waals surface area contributed by atoms with Crippen molar-refractivity contribution in [2.45, 2.75) is 56.7 Å². The first kappa shape index (κ1) is 25.1. The molecule has 0 saturated heterocycles. The zero-order valence-electron chi connectivity index (χ0n) is 14.9. The molecule has 0 aliphatic heterocycles. The number of nitrogens with two attached hydrogens (primary N) is 3. The van der Waals surface area contributed by atoms with Gasteiger partial charge in [-0.2, -0.15) is 0 Å². The van der Waals surface area contributed by atoms with E-state index in [1.54, 1.807) is 0 Å². The average Bonchev–Trinajstić information content (AvgIpc) is 2.61. The zero-order valence-corrected chi connectivity index (χ0v) is 14.9. The fraction of sp³-hybridized carbons (Fsp3) is 0.600. The molecule has 0 fully saturated rings. The summed E-state index contributed by atoms with van der Waals surface area (Å²) in [5.41, 5.74) is 15.9. The summed E-state index contributed by atoms with van der Waals surface area (Å²) >= 11 is 0. The number of carbonyl (C=O) groups excluding carboxylic acids is 4. The summed E-state index contributed by atoms with van der Waals surface area (Å²) in [6.07, 6.45) is -1.99. The van der Waals surface area contributed by atoms with Crippen molar-refractivity contribution in [3.05, 3.63) is 0 Å². The number of hydrogen-bond acceptors (Lipinski definition) is 11. The number of carboxylic acids is 2. The Labute approximate surface area is 159 Å². The minimum Gasteiger partial charge on any atom is -0.480 e. The van der Waals surface area contributed by atoms with Crippen LogP contribution >= 0.6 is 0 Å². The Morgan fingerprint density at radius 3 is 1.29 bits per heavy atom. The summed E-state index contributed by atoms with van der Waals surface area (Å²) < 4.78 is 8.81. The first-order valence-corrected chi connectivity index (χ1v) is 8.14. The molecular formula is C15H23N3O10. The number of carboxylic acid groups (broad SMARTS) is 2. The van der Waals surface area contributed by atoms with Crippen molar-refractivity contribution in [2.75, 3.05) is 0 Å². The van der Waals surface area contributed by atoms with E-state index < -0.39 is 66.8 Å². The molecule has 13 nitrogen and oxygen atoms in total. The van der Waals surface area contributed by atoms with Crippen LogP contribution in [0.1, 0.15) is 38.5 Å². The van der Waals surface area contributed by atoms with Crippen molar-refractivity contribution in [1.29, 1.82) is 0 Å². The van der Waals surface area contributed by atoms with E-state index in [9.17, 15) is 28.8 Å². The highest BCUT2D eigenvalue weighted by molar-refractivity contribution is 5.89. The molecule has 0 rings (SSSR count). The van der Waals surface area contributed by atoms with E-state index in [1.165, 1.54) is 0 Å². The lowest BCUT2D eigenvalue weighted by molar-refractivity contribution is -0.160. The molecule has 0 spiro atoms. The molecule has 8 N–H and O–H groups in total. The Hall–Kier alpha value is -2.90. The van der Waals surface area contributed by atoms with Crippen molar-refractivity contribution >= 4 is 35.8 Å². The van der Waals surface area contributed by atoms with Crippen LogP contribution < -0.4 is 17.2 Å². The molecule has 28 heavy (non-hydrogen) atoms. The summed E-state index contributed by atoms with van der Waals surface area (Å²) in [4.78, 5) is 66.9. The van der Waals surface area contributed by atoms with Gasteiger partial charge in [0, 0.05) is 19.3 Å². The number of hydrogen-bond donors (Lipinski definition) is 5. The van der Waals surface area contributed by atoms with E-state index in [0.29, 0.717) is 0 Å². The predicted octanol–water partition coefficient (Wildman–Crippen LogP) is -2.38. The number of rotatable bonds is 12. The number of aliphatic carboxylic acids is 2. The molecule has 0 aromatic heterocycles. The van der Waals surface area contributed by atoms with E-state index in [0.717, 1.165) is 0 Å². The zero-order chi connectivity index (χ0) is 21.9. The van der Waals surface area contributed by atoms with Crippen LogP contribution in [0, 0.1) is 0 Å². The number of esters is 4. The molecule has 0 heterocycles. The quantitative estimate of drug-likeness (QED) is 0.168. The van der Waals surface area contributed by atoms with Crippen LogP contribution in [0.4, 0.5) is 0 Å². The molecule has 158 valence electrons. The van der Waals surface area contributed by atoms with Gasteiger partial charge in [-0.05, 0) is 19.3 Å². The maximum atomic E-state index is 11.6. The van der Waals surface area contributed by atoms with Gasteiger partial charge in [0.2, 0.25) is 0 Å². The SMILES string of the molecule is N[C@@H](CCC(=O)OC(=O)CC[C@H](N)C(=O)OC(=O)CC[C@H](N)C(=O)O)C(=O)O. The maximum absolute atomic E-state index is 11.6. The minimum absolute atomic E-state index is 0.221. The molecule has 0 saturated carbocycles. The van der Waals surface area contributed by atoms with E-state index >= 15 is 0 Å². The van der Waals surface area contributed by atoms with Gasteiger partial charge in [-0.25, -0.2) is 4.79 Å². The highest BCUT2D eigenvalue weighted by Gasteiger charge is 2.22. The molecule has 0 aliphatic rings. The van der Waals surface area contributed by atoms with Gasteiger partial charge in [0.25, 0.3) is 0 Å². The molecule has 0 aromatic rings. The van der Waals surface area contributed by atoms with Crippen molar-refractivity contribution in [3.63, 3.8) is 0 Å². The molecule has 0 unspecified atom stereocenters. The van der Waals surface area contributed by atoms with Crippen LogP contribution in [0.3, 0.4) is 0 Å². The van der Waals surface area contributed by atoms with Crippen LogP contribution in [0.25, 0.3) is 0 Å². The molecule has 0 aromatic carbocycles. The maximum Gasteiger partial charge on any atom is 0.330 e. The van der Waals surface area contributed by atoms with E-state index in [2.05, 4.69) is 9.47 Å². The largest absolute Gasteiger partial charge is 0.480 e. The van der Waals surface area contributed by atoms with Crippen LogP contribution in [0.15, 0.2) is 0 Å². The lowest BCUT2D eigenvalue weighted by Gasteiger charge is -2.11. The number of carbonyl (C=O) groups is 6. The van der Waals surface area contributed by atoms with E-state index in [1.807, 2.05) is 0 Å². The van der Waals surface area contributed by atoms with Crippen molar-refractivity contribution in [2.24, 2.45) is 17.2 Å². The Kier molecular flexibility index (Phi) is 11.2. The van der Waals surface area contributed by atoms with Gasteiger partial charge in [-0.15, -0.1) is 0 Å². The molecule has 0 aliphatic carbocycles. The van der Waals surface area contributed by atoms with Gasteiger partial charge in [0.15, 0.2) is 0 Å². The van der Waals surface area contributed by atoms with Crippen molar-refractivity contribution in [3.8, 4) is 0 Å². The normalized spacial score (nSPS) is 13.7. The van der Waals surface area contributed by atoms with E-state index in [4.69, 9.17) is 27.4 Å². The summed E-state index contributed by atoms with van der Waals surface area (Å²) in [6.45, 7) is 0. The summed E-state index contributed by atoms with van der Waals surface area (Å²) in [7, 11) is 0. The standard InChI is InChI=1S/C15H23N3O10/c16-7(13(22)23)1-4-10(19)27-11(20)6-3-9(18)15(26)28-12(21)5-2-8(17)14(24)25/h7-9H,1-6,16-18H2,(H,22,23)(H,24,25)/t7-,8-,9-/m0/s1. The summed E-state index contributed by atoms with van der Waals surface area (Å²) in [5.74, 6) is -6.76. The molecule has 0 radical (unpaired) electrons. The Morgan fingerprint density at radius 1 is 0.607 bits per heavy atom. The lowest BCUT2D eigenvalue weighted by Crippen LogP contribution is -2.35. The van der Waals surface area contributed by atoms with Crippen molar-refractivity contribution in [1.82, 2.24) is 0 Å². The smallest absolute Gasteiger partial charge is 0.330 e. The molecule has 0 amide bonds. The monoisotopic (exact) mass is 405 g/mol. The lowest BCUT2D eigenvalue weighted by atomic mass is 10.1. The van der Waals surface area contributed by atoms with Gasteiger partial charge in [-0.3, -0.25) is 24.0 Å². The van der Waals surface area contributed by atoms with Crippen LogP contribution in [0.2, 0.25) is 0 Å². The third kappa shape index (κ3) is 10.9. The van der Waals surface area contributed by atoms with Crippen molar-refractivity contribution < 1.29 is 48.5 Å². The van der Waals surface area contributed by atoms with Gasteiger partial charge in [0.05, 0.1) is 0 Å². The summed E-state index contributed by atoms with van der Waals surface area (Å²) in [5, 5.41) is 17.1. The highest BCUT2D eigenvalue weighted by Crippen LogP contribution is 2.04. The number of ether oxygens (including phenoxy) is 2. The molecule has 0 bridgehead atoms. The first-order valence-electron chi connectivity index (χ1n) is 8.14. The van der Waals surface area contributed by atoms with Crippen LogP contribution in [0.5, 0.6) is 0 Å². The average molecular weight is 405 g/mol. The Balaban J connectivity index is 4.15. The Bertz CT molecular complexity index is 621. The van der Waals surface area contributed by atoms with Gasteiger partial charge in [0.1, 0.15) is 18.1 Å². The topological polar surface area (TPSA) is 239 Å². The third-order valence-electron chi connectivity index (χ3n) is 3.36. The second-order valence-electron chi connectivity index (χ2n) is 5.75. The second-order valence-corrected chi connectivity index (χ2v) is 5.75. The first-order chi connectivity index (χ1) is 12.9. The third-order valence-corrected chi connectivity index (χ3v) is 3.36. The highest BCUT2D eigenvalue weighted by atomic mass is 16.6. The van der Waals surface area contributed by atoms with E-state index in [-0.39, 0.29) is 25.7 Å². The molecular weight excluding hydrogens is 382 g/mol. The summed E-state index contributed by atoms with van der Waals surface area (Å²) in [6, 6.07) is -3.91. The van der Waals surface area contributed by atoms with Gasteiger partial charge < -0.3 is 36.9 Å². The Morgan fingerprint density at radius 2 is 0.929 bits per heavy atom. The molecule has 13 heteroatoms. The predicted molar refractivity (Wildman–Crippen MR) is 89.1 cm³/mol. The van der Waals surface area contributed by atoms with Crippen LogP contribution in [-0.4, -0.2) is 64.2 Å². The fourth-order valence-electron chi connectivity index (χ4n) is 1.65. The minimum atomic E-state index is -1.36.